The van der Waals surface area contributed by atoms with Crippen LogP contribution < -0.4 is 0 Å². The van der Waals surface area contributed by atoms with Gasteiger partial charge in [-0.3, -0.25) is 0 Å². The molecule has 1 heterocycles. The second-order valence-corrected chi connectivity index (χ2v) is 7.47. The average Bonchev–Trinajstić information content (AvgIpc) is 2.48. The van der Waals surface area contributed by atoms with E-state index in [2.05, 4.69) is 12.7 Å². The van der Waals surface area contributed by atoms with Crippen LogP contribution >= 0.6 is 0 Å². The maximum absolute atomic E-state index is 12.1. The van der Waals surface area contributed by atoms with E-state index in [1.165, 1.54) is 0 Å². The molecule has 1 saturated heterocycles. The summed E-state index contributed by atoms with van der Waals surface area (Å²) < 4.78 is 5.50. The predicted octanol–water partition coefficient (Wildman–Crippen LogP) is 3.30. The zero-order chi connectivity index (χ0) is 17.9. The Hall–Kier alpha value is -1.39. The van der Waals surface area contributed by atoms with Crippen LogP contribution in [-0.2, 0) is 9.53 Å². The van der Waals surface area contributed by atoms with Crippen molar-refractivity contribution >= 4 is 5.97 Å². The van der Waals surface area contributed by atoms with Crippen LogP contribution in [0.1, 0.15) is 52.9 Å². The second-order valence-electron chi connectivity index (χ2n) is 7.47. The van der Waals surface area contributed by atoms with Crippen LogP contribution in [-0.4, -0.2) is 34.5 Å². The highest BCUT2D eigenvalue weighted by Gasteiger charge is 2.38. The van der Waals surface area contributed by atoms with Crippen molar-refractivity contribution in [3.05, 3.63) is 35.5 Å². The molecule has 1 aliphatic carbocycles. The van der Waals surface area contributed by atoms with Crippen LogP contribution in [0, 0.1) is 11.8 Å². The standard InChI is InChI=1S/C20H30O4/c1-12-6-5-7-13(2)9-18(22)17-11-19(24-20(23)15(17)4)14(3)10-16(21)8-12/h7-8,14,16-19,21-22H,4-6,9-11H2,1-3H3/b12-8-,13-7-. The maximum Gasteiger partial charge on any atom is 0.334 e. The molecule has 2 N–H and O–H groups in total. The summed E-state index contributed by atoms with van der Waals surface area (Å²) in [6.45, 7) is 9.85. The fourth-order valence-corrected chi connectivity index (χ4v) is 3.66. The van der Waals surface area contributed by atoms with E-state index in [4.69, 9.17) is 4.74 Å². The van der Waals surface area contributed by atoms with Crippen molar-refractivity contribution in [2.24, 2.45) is 11.8 Å². The first-order valence-electron chi connectivity index (χ1n) is 8.86. The first kappa shape index (κ1) is 18.9. The molecule has 134 valence electrons. The number of ether oxygens (including phenoxy) is 1. The maximum atomic E-state index is 12.1. The summed E-state index contributed by atoms with van der Waals surface area (Å²) in [5.41, 5.74) is 2.63. The molecule has 5 unspecified atom stereocenters. The first-order chi connectivity index (χ1) is 11.3. The Labute approximate surface area is 144 Å². The van der Waals surface area contributed by atoms with Gasteiger partial charge >= 0.3 is 5.97 Å². The van der Waals surface area contributed by atoms with Crippen molar-refractivity contribution in [2.75, 3.05) is 0 Å². The van der Waals surface area contributed by atoms with Crippen molar-refractivity contribution < 1.29 is 19.7 Å². The van der Waals surface area contributed by atoms with Gasteiger partial charge in [0.1, 0.15) is 6.10 Å². The number of aliphatic hydroxyl groups excluding tert-OH is 2. The third-order valence-electron chi connectivity index (χ3n) is 5.21. The molecule has 1 fully saturated rings. The zero-order valence-electron chi connectivity index (χ0n) is 15.0. The molecular formula is C20H30O4. The SMILES string of the molecule is C=C1C(=O)OC2CC1C(O)C/C(C)=C\CC/C(C)=C\C(O)CC2C. The molecule has 24 heavy (non-hydrogen) atoms. The van der Waals surface area contributed by atoms with E-state index in [1.54, 1.807) is 0 Å². The fourth-order valence-electron chi connectivity index (χ4n) is 3.66. The lowest BCUT2D eigenvalue weighted by molar-refractivity contribution is -0.155. The average molecular weight is 334 g/mol. The molecule has 2 rings (SSSR count). The third kappa shape index (κ3) is 4.81. The summed E-state index contributed by atoms with van der Waals surface area (Å²) in [7, 11) is 0. The van der Waals surface area contributed by atoms with Crippen LogP contribution in [0.3, 0.4) is 0 Å². The normalized spacial score (nSPS) is 40.6. The van der Waals surface area contributed by atoms with Crippen molar-refractivity contribution in [3.63, 3.8) is 0 Å². The van der Waals surface area contributed by atoms with Crippen molar-refractivity contribution in [1.29, 1.82) is 0 Å². The van der Waals surface area contributed by atoms with Crippen molar-refractivity contribution in [3.8, 4) is 0 Å². The molecule has 0 aromatic rings. The van der Waals surface area contributed by atoms with Crippen molar-refractivity contribution in [1.82, 2.24) is 0 Å². The molecule has 0 spiro atoms. The van der Waals surface area contributed by atoms with Crippen LogP contribution in [0.15, 0.2) is 35.5 Å². The highest BCUT2D eigenvalue weighted by molar-refractivity contribution is 5.89. The Morgan fingerprint density at radius 2 is 1.92 bits per heavy atom. The molecule has 0 amide bonds. The summed E-state index contributed by atoms with van der Waals surface area (Å²) in [4.78, 5) is 12.1. The smallest absolute Gasteiger partial charge is 0.334 e. The molecule has 0 aromatic carbocycles. The molecule has 2 aliphatic rings. The molecule has 2 bridgehead atoms. The predicted molar refractivity (Wildman–Crippen MR) is 94.3 cm³/mol. The summed E-state index contributed by atoms with van der Waals surface area (Å²) in [6, 6.07) is 0. The van der Waals surface area contributed by atoms with E-state index in [0.717, 1.165) is 24.0 Å². The Kier molecular flexibility index (Phi) is 6.41. The van der Waals surface area contributed by atoms with E-state index in [-0.39, 0.29) is 17.9 Å². The Balaban J connectivity index is 2.26. The van der Waals surface area contributed by atoms with Gasteiger partial charge in [0, 0.05) is 11.5 Å². The topological polar surface area (TPSA) is 66.8 Å². The summed E-state index contributed by atoms with van der Waals surface area (Å²) in [6.07, 6.45) is 6.01. The monoisotopic (exact) mass is 334 g/mol. The minimum atomic E-state index is -0.624. The van der Waals surface area contributed by atoms with Gasteiger partial charge in [0.25, 0.3) is 0 Å². The third-order valence-corrected chi connectivity index (χ3v) is 5.21. The summed E-state index contributed by atoms with van der Waals surface area (Å²) in [5, 5.41) is 20.9. The number of carbonyl (C=O) groups excluding carboxylic acids is 1. The lowest BCUT2D eigenvalue weighted by Gasteiger charge is -2.36. The molecule has 0 aromatic heterocycles. The van der Waals surface area contributed by atoms with Gasteiger partial charge in [0.05, 0.1) is 12.2 Å². The number of aliphatic hydroxyl groups is 2. The highest BCUT2D eigenvalue weighted by Crippen LogP contribution is 2.34. The van der Waals surface area contributed by atoms with Crippen LogP contribution in [0.4, 0.5) is 0 Å². The molecule has 5 atom stereocenters. The number of carbonyl (C=O) groups is 1. The van der Waals surface area contributed by atoms with Gasteiger partial charge in [-0.15, -0.1) is 0 Å². The number of allylic oxidation sites excluding steroid dienone is 2. The molecule has 4 heteroatoms. The highest BCUT2D eigenvalue weighted by atomic mass is 16.5. The van der Waals surface area contributed by atoms with Gasteiger partial charge in [-0.1, -0.05) is 36.8 Å². The van der Waals surface area contributed by atoms with Crippen LogP contribution in [0.25, 0.3) is 0 Å². The van der Waals surface area contributed by atoms with Crippen LogP contribution in [0.2, 0.25) is 0 Å². The number of hydrogen-bond acceptors (Lipinski definition) is 4. The lowest BCUT2D eigenvalue weighted by Crippen LogP contribution is -2.40. The second kappa shape index (κ2) is 8.13. The van der Waals surface area contributed by atoms with Gasteiger partial charge in [0.15, 0.2) is 0 Å². The Morgan fingerprint density at radius 1 is 1.21 bits per heavy atom. The van der Waals surface area contributed by atoms with Gasteiger partial charge in [-0.05, 0) is 51.9 Å². The van der Waals surface area contributed by atoms with Gasteiger partial charge in [-0.25, -0.2) is 4.79 Å². The molecular weight excluding hydrogens is 304 g/mol. The number of rotatable bonds is 0. The van der Waals surface area contributed by atoms with Gasteiger partial charge in [0.2, 0.25) is 0 Å². The number of hydrogen-bond donors (Lipinski definition) is 2. The summed E-state index contributed by atoms with van der Waals surface area (Å²) >= 11 is 0. The summed E-state index contributed by atoms with van der Waals surface area (Å²) in [5.74, 6) is -0.674. The fraction of sp³-hybridized carbons (Fsp3) is 0.650. The largest absolute Gasteiger partial charge is 0.459 e. The van der Waals surface area contributed by atoms with E-state index < -0.39 is 18.2 Å². The van der Waals surface area contributed by atoms with Crippen molar-refractivity contribution in [2.45, 2.75) is 71.2 Å². The zero-order valence-corrected chi connectivity index (χ0v) is 15.0. The first-order valence-corrected chi connectivity index (χ1v) is 8.86. The van der Waals surface area contributed by atoms with Gasteiger partial charge < -0.3 is 14.9 Å². The minimum Gasteiger partial charge on any atom is -0.459 e. The van der Waals surface area contributed by atoms with Gasteiger partial charge in [-0.2, -0.15) is 0 Å². The van der Waals surface area contributed by atoms with E-state index >= 15 is 0 Å². The molecule has 0 radical (unpaired) electrons. The Morgan fingerprint density at radius 3 is 2.62 bits per heavy atom. The number of esters is 1. The molecule has 0 saturated carbocycles. The quantitative estimate of drug-likeness (QED) is 0.405. The van der Waals surface area contributed by atoms with E-state index in [9.17, 15) is 15.0 Å². The van der Waals surface area contributed by atoms with E-state index in [1.807, 2.05) is 26.8 Å². The Bertz CT molecular complexity index is 546. The van der Waals surface area contributed by atoms with E-state index in [0.29, 0.717) is 24.8 Å². The van der Waals surface area contributed by atoms with Crippen LogP contribution in [0.5, 0.6) is 0 Å². The number of fused-ring (bicyclic) bond motifs is 2. The molecule has 1 aliphatic heterocycles. The molecule has 4 nitrogen and oxygen atoms in total. The minimum absolute atomic E-state index is 0.0235. The lowest BCUT2D eigenvalue weighted by atomic mass is 9.80.